The van der Waals surface area contributed by atoms with E-state index in [1.807, 2.05) is 20.8 Å². The molecule has 1 rings (SSSR count). The summed E-state index contributed by atoms with van der Waals surface area (Å²) in [7, 11) is 0. The van der Waals surface area contributed by atoms with Gasteiger partial charge in [-0.3, -0.25) is 0 Å². The molecule has 0 aromatic carbocycles. The molecule has 0 saturated carbocycles. The molecule has 1 heterocycles. The minimum absolute atomic E-state index is 0.269. The summed E-state index contributed by atoms with van der Waals surface area (Å²) in [6.45, 7) is 6.04. The predicted molar refractivity (Wildman–Crippen MR) is 56.0 cm³/mol. The highest BCUT2D eigenvalue weighted by Crippen LogP contribution is 2.19. The van der Waals surface area contributed by atoms with Gasteiger partial charge in [-0.05, 0) is 18.8 Å². The van der Waals surface area contributed by atoms with Crippen LogP contribution in [0.1, 0.15) is 49.0 Å². The summed E-state index contributed by atoms with van der Waals surface area (Å²) in [5, 5.41) is 12.9. The van der Waals surface area contributed by atoms with Gasteiger partial charge in [0.15, 0.2) is 5.76 Å². The molecule has 0 aliphatic heterocycles. The zero-order chi connectivity index (χ0) is 11.4. The van der Waals surface area contributed by atoms with Crippen LogP contribution in [0.5, 0.6) is 0 Å². The lowest BCUT2D eigenvalue weighted by Gasteiger charge is -2.01. The highest BCUT2D eigenvalue weighted by molar-refractivity contribution is 5.89. The van der Waals surface area contributed by atoms with Crippen molar-refractivity contribution in [2.24, 2.45) is 5.92 Å². The summed E-state index contributed by atoms with van der Waals surface area (Å²) in [5.41, 5.74) is 0.839. The lowest BCUT2D eigenvalue weighted by atomic mass is 10.0. The van der Waals surface area contributed by atoms with E-state index in [4.69, 9.17) is 9.63 Å². The van der Waals surface area contributed by atoms with E-state index < -0.39 is 5.97 Å². The molecular formula is C11H17NO3. The first-order valence-electron chi connectivity index (χ1n) is 5.27. The van der Waals surface area contributed by atoms with Crippen LogP contribution in [-0.2, 0) is 12.8 Å². The van der Waals surface area contributed by atoms with Crippen molar-refractivity contribution in [1.82, 2.24) is 5.16 Å². The van der Waals surface area contributed by atoms with E-state index >= 15 is 0 Å². The Morgan fingerprint density at radius 2 is 2.20 bits per heavy atom. The van der Waals surface area contributed by atoms with Crippen LogP contribution in [-0.4, -0.2) is 16.2 Å². The van der Waals surface area contributed by atoms with E-state index in [1.165, 1.54) is 0 Å². The molecule has 0 fully saturated rings. The summed E-state index contributed by atoms with van der Waals surface area (Å²) in [6.07, 6.45) is 2.14. The molecule has 84 valence electrons. The average Bonchev–Trinajstić information content (AvgIpc) is 2.47. The number of aromatic nitrogens is 1. The number of nitrogens with zero attached hydrogens (tertiary/aromatic N) is 1. The minimum atomic E-state index is -0.935. The largest absolute Gasteiger partial charge is 0.477 e. The van der Waals surface area contributed by atoms with Crippen LogP contribution in [0, 0.1) is 5.92 Å². The molecule has 15 heavy (non-hydrogen) atoms. The standard InChI is InChI=1S/C11H17NO3/c1-4-5-9-10(11(13)14)8(12-15-9)6-7(2)3/h7H,4-6H2,1-3H3,(H,13,14). The number of aryl methyl sites for hydroxylation is 1. The third-order valence-electron chi connectivity index (χ3n) is 2.13. The summed E-state index contributed by atoms with van der Waals surface area (Å²) >= 11 is 0. The third-order valence-corrected chi connectivity index (χ3v) is 2.13. The third kappa shape index (κ3) is 2.81. The summed E-state index contributed by atoms with van der Waals surface area (Å²) < 4.78 is 5.07. The van der Waals surface area contributed by atoms with Gasteiger partial charge in [0, 0.05) is 6.42 Å². The molecule has 0 radical (unpaired) electrons. The maximum absolute atomic E-state index is 11.1. The molecule has 0 saturated heterocycles. The van der Waals surface area contributed by atoms with Crippen LogP contribution in [0.15, 0.2) is 4.52 Å². The number of aromatic carboxylic acids is 1. The van der Waals surface area contributed by atoms with Gasteiger partial charge in [0.05, 0.1) is 5.69 Å². The Morgan fingerprint density at radius 1 is 1.53 bits per heavy atom. The van der Waals surface area contributed by atoms with Crippen molar-refractivity contribution in [3.8, 4) is 0 Å². The van der Waals surface area contributed by atoms with Gasteiger partial charge < -0.3 is 9.63 Å². The van der Waals surface area contributed by atoms with Gasteiger partial charge in [0.25, 0.3) is 0 Å². The zero-order valence-corrected chi connectivity index (χ0v) is 9.41. The lowest BCUT2D eigenvalue weighted by molar-refractivity contribution is 0.0693. The molecule has 1 aromatic heterocycles. The van der Waals surface area contributed by atoms with E-state index in [1.54, 1.807) is 0 Å². The number of hydrogen-bond acceptors (Lipinski definition) is 3. The van der Waals surface area contributed by atoms with Crippen molar-refractivity contribution in [1.29, 1.82) is 0 Å². The van der Waals surface area contributed by atoms with Gasteiger partial charge in [0.1, 0.15) is 5.56 Å². The summed E-state index contributed by atoms with van der Waals surface area (Å²) in [5.74, 6) is -0.0568. The topological polar surface area (TPSA) is 63.3 Å². The highest BCUT2D eigenvalue weighted by Gasteiger charge is 2.21. The van der Waals surface area contributed by atoms with Crippen LogP contribution in [0.2, 0.25) is 0 Å². The van der Waals surface area contributed by atoms with Crippen molar-refractivity contribution >= 4 is 5.97 Å². The molecule has 0 amide bonds. The van der Waals surface area contributed by atoms with Crippen LogP contribution >= 0.6 is 0 Å². The fourth-order valence-corrected chi connectivity index (χ4v) is 1.53. The van der Waals surface area contributed by atoms with Crippen molar-refractivity contribution in [2.75, 3.05) is 0 Å². The van der Waals surface area contributed by atoms with Crippen molar-refractivity contribution in [3.05, 3.63) is 17.0 Å². The van der Waals surface area contributed by atoms with Gasteiger partial charge in [-0.2, -0.15) is 0 Å². The minimum Gasteiger partial charge on any atom is -0.477 e. The van der Waals surface area contributed by atoms with Crippen LogP contribution in [0.4, 0.5) is 0 Å². The molecule has 1 aromatic rings. The molecule has 0 atom stereocenters. The van der Waals surface area contributed by atoms with E-state index in [2.05, 4.69) is 5.16 Å². The smallest absolute Gasteiger partial charge is 0.341 e. The molecular weight excluding hydrogens is 194 g/mol. The average molecular weight is 211 g/mol. The molecule has 0 spiro atoms. The number of carboxylic acids is 1. The Kier molecular flexibility index (Phi) is 3.88. The van der Waals surface area contributed by atoms with E-state index in [0.717, 1.165) is 6.42 Å². The van der Waals surface area contributed by atoms with E-state index in [-0.39, 0.29) is 5.56 Å². The Morgan fingerprint density at radius 3 is 2.67 bits per heavy atom. The molecule has 0 aliphatic rings. The number of carbonyl (C=O) groups is 1. The Bertz CT molecular complexity index is 342. The van der Waals surface area contributed by atoms with Crippen molar-refractivity contribution < 1.29 is 14.4 Å². The monoisotopic (exact) mass is 211 g/mol. The Hall–Kier alpha value is -1.32. The molecule has 0 aliphatic carbocycles. The SMILES string of the molecule is CCCc1onc(CC(C)C)c1C(=O)O. The highest BCUT2D eigenvalue weighted by atomic mass is 16.5. The van der Waals surface area contributed by atoms with Gasteiger partial charge in [0.2, 0.25) is 0 Å². The Balaban J connectivity index is 3.00. The summed E-state index contributed by atoms with van der Waals surface area (Å²) in [4.78, 5) is 11.1. The Labute approximate surface area is 89.3 Å². The zero-order valence-electron chi connectivity index (χ0n) is 9.41. The second-order valence-corrected chi connectivity index (χ2v) is 4.08. The molecule has 4 heteroatoms. The van der Waals surface area contributed by atoms with Crippen molar-refractivity contribution in [2.45, 2.75) is 40.0 Å². The fourth-order valence-electron chi connectivity index (χ4n) is 1.53. The molecule has 0 unspecified atom stereocenters. The summed E-state index contributed by atoms with van der Waals surface area (Å²) in [6, 6.07) is 0. The molecule has 4 nitrogen and oxygen atoms in total. The lowest BCUT2D eigenvalue weighted by Crippen LogP contribution is -2.06. The quantitative estimate of drug-likeness (QED) is 0.812. The second-order valence-electron chi connectivity index (χ2n) is 4.08. The maximum Gasteiger partial charge on any atom is 0.341 e. The van der Waals surface area contributed by atoms with Gasteiger partial charge in [-0.15, -0.1) is 0 Å². The van der Waals surface area contributed by atoms with Gasteiger partial charge in [-0.1, -0.05) is 25.9 Å². The van der Waals surface area contributed by atoms with Crippen LogP contribution in [0.3, 0.4) is 0 Å². The van der Waals surface area contributed by atoms with Gasteiger partial charge >= 0.3 is 5.97 Å². The van der Waals surface area contributed by atoms with E-state index in [0.29, 0.717) is 30.2 Å². The number of hydrogen-bond donors (Lipinski definition) is 1. The number of carboxylic acid groups (broad SMARTS) is 1. The molecule has 0 bridgehead atoms. The first-order chi connectivity index (χ1) is 7.06. The number of rotatable bonds is 5. The fraction of sp³-hybridized carbons (Fsp3) is 0.636. The normalized spacial score (nSPS) is 10.9. The first kappa shape index (κ1) is 11.8. The van der Waals surface area contributed by atoms with Crippen LogP contribution in [0.25, 0.3) is 0 Å². The van der Waals surface area contributed by atoms with Gasteiger partial charge in [-0.25, -0.2) is 4.79 Å². The molecule has 1 N–H and O–H groups in total. The van der Waals surface area contributed by atoms with Crippen molar-refractivity contribution in [3.63, 3.8) is 0 Å². The van der Waals surface area contributed by atoms with E-state index in [9.17, 15) is 4.79 Å². The predicted octanol–water partition coefficient (Wildman–Crippen LogP) is 2.52. The van der Waals surface area contributed by atoms with Crippen LogP contribution < -0.4 is 0 Å². The first-order valence-corrected chi connectivity index (χ1v) is 5.27. The second kappa shape index (κ2) is 4.96. The maximum atomic E-state index is 11.1.